The van der Waals surface area contributed by atoms with Crippen molar-refractivity contribution < 1.29 is 35.5 Å². The van der Waals surface area contributed by atoms with Gasteiger partial charge in [-0.15, -0.1) is 0 Å². The number of anilines is 2. The van der Waals surface area contributed by atoms with Crippen molar-refractivity contribution in [3.05, 3.63) is 113 Å². The van der Waals surface area contributed by atoms with Crippen molar-refractivity contribution in [1.29, 1.82) is 0 Å². The fraction of sp³-hybridized carbons (Fsp3) is 0.0385. The van der Waals surface area contributed by atoms with Gasteiger partial charge in [0, 0.05) is 12.1 Å². The molecule has 1 amide bonds. The molecular weight excluding hydrogens is 562 g/mol. The molecular formula is C26H21N3O9S2. The molecule has 0 fully saturated rings. The summed E-state index contributed by atoms with van der Waals surface area (Å²) < 4.78 is 65.6. The van der Waals surface area contributed by atoms with Gasteiger partial charge < -0.3 is 14.2 Å². The second-order valence-electron chi connectivity index (χ2n) is 8.04. The topological polar surface area (TPSA) is 171 Å². The van der Waals surface area contributed by atoms with E-state index in [0.29, 0.717) is 0 Å². The number of amides is 1. The Labute approximate surface area is 229 Å². The predicted molar refractivity (Wildman–Crippen MR) is 146 cm³/mol. The number of hydrogen-bond acceptors (Lipinski definition) is 9. The number of carbonyl (C=O) groups excluding carboxylic acids is 1. The highest BCUT2D eigenvalue weighted by Gasteiger charge is 2.30. The van der Waals surface area contributed by atoms with Gasteiger partial charge in [0.05, 0.1) is 33.9 Å². The first-order chi connectivity index (χ1) is 19.0. The number of sulfonamides is 1. The number of nitro benzene ring substituents is 1. The van der Waals surface area contributed by atoms with Gasteiger partial charge in [0.1, 0.15) is 16.4 Å². The molecule has 0 saturated heterocycles. The van der Waals surface area contributed by atoms with Gasteiger partial charge in [-0.05, 0) is 48.5 Å². The van der Waals surface area contributed by atoms with E-state index in [1.807, 2.05) is 0 Å². The van der Waals surface area contributed by atoms with Crippen LogP contribution in [-0.2, 0) is 20.1 Å². The minimum absolute atomic E-state index is 0.124. The average molecular weight is 584 g/mol. The monoisotopic (exact) mass is 583 g/mol. The van der Waals surface area contributed by atoms with E-state index in [-0.39, 0.29) is 33.5 Å². The maximum atomic E-state index is 13.6. The first-order valence-corrected chi connectivity index (χ1v) is 14.2. The van der Waals surface area contributed by atoms with Crippen LogP contribution in [0.4, 0.5) is 17.1 Å². The zero-order chi connectivity index (χ0) is 28.9. The largest absolute Gasteiger partial charge is 0.495 e. The van der Waals surface area contributed by atoms with E-state index in [1.54, 1.807) is 24.3 Å². The molecule has 0 aliphatic rings. The molecule has 14 heteroatoms. The van der Waals surface area contributed by atoms with Gasteiger partial charge in [-0.25, -0.2) is 8.42 Å². The summed E-state index contributed by atoms with van der Waals surface area (Å²) in [5.41, 5.74) is -1.01. The summed E-state index contributed by atoms with van der Waals surface area (Å²) in [7, 11) is -7.64. The lowest BCUT2D eigenvalue weighted by Gasteiger charge is -2.17. The molecule has 206 valence electrons. The zero-order valence-corrected chi connectivity index (χ0v) is 22.3. The Morgan fingerprint density at radius 1 is 0.800 bits per heavy atom. The van der Waals surface area contributed by atoms with Gasteiger partial charge in [0.15, 0.2) is 0 Å². The molecule has 0 aliphatic carbocycles. The molecule has 0 heterocycles. The number of benzene rings is 4. The molecule has 0 spiro atoms. The normalized spacial score (nSPS) is 11.3. The van der Waals surface area contributed by atoms with Crippen LogP contribution in [0.1, 0.15) is 10.4 Å². The summed E-state index contributed by atoms with van der Waals surface area (Å²) >= 11 is 0. The standard InChI is InChI=1S/C26H21N3O9S2/c1-37-23-12-6-5-10-21(23)27-26(30)25-22(28-39(33,34)20-8-3-2-4-9-20)11-7-13-24(25)40(35,36)38-19-16-14-18(15-17-19)29(31)32/h2-17,28H,1H3,(H,27,30). The van der Waals surface area contributed by atoms with E-state index in [0.717, 1.165) is 30.3 Å². The number of ether oxygens (including phenoxy) is 1. The van der Waals surface area contributed by atoms with Gasteiger partial charge in [0.2, 0.25) is 0 Å². The quantitative estimate of drug-likeness (QED) is 0.156. The van der Waals surface area contributed by atoms with Crippen molar-refractivity contribution in [2.24, 2.45) is 0 Å². The van der Waals surface area contributed by atoms with E-state index in [2.05, 4.69) is 10.0 Å². The van der Waals surface area contributed by atoms with Crippen molar-refractivity contribution >= 4 is 43.1 Å². The average Bonchev–Trinajstić information content (AvgIpc) is 2.93. The highest BCUT2D eigenvalue weighted by atomic mass is 32.2. The number of nitrogens with one attached hydrogen (secondary N) is 2. The number of rotatable bonds is 10. The molecule has 0 unspecified atom stereocenters. The molecule has 4 rings (SSSR count). The fourth-order valence-corrected chi connectivity index (χ4v) is 5.83. The van der Waals surface area contributed by atoms with Gasteiger partial charge in [-0.1, -0.05) is 36.4 Å². The van der Waals surface area contributed by atoms with Crippen molar-refractivity contribution in [1.82, 2.24) is 0 Å². The van der Waals surface area contributed by atoms with Crippen LogP contribution in [0.2, 0.25) is 0 Å². The zero-order valence-electron chi connectivity index (χ0n) is 20.7. The number of carbonyl (C=O) groups is 1. The number of methoxy groups -OCH3 is 1. The lowest BCUT2D eigenvalue weighted by Crippen LogP contribution is -2.23. The summed E-state index contributed by atoms with van der Waals surface area (Å²) in [5.74, 6) is -0.983. The highest BCUT2D eigenvalue weighted by molar-refractivity contribution is 7.92. The number of nitrogens with zero attached hydrogens (tertiary/aromatic N) is 1. The Bertz CT molecular complexity index is 1780. The van der Waals surface area contributed by atoms with Crippen LogP contribution in [0.15, 0.2) is 107 Å². The molecule has 0 saturated carbocycles. The van der Waals surface area contributed by atoms with Crippen LogP contribution >= 0.6 is 0 Å². The minimum atomic E-state index is -4.77. The maximum absolute atomic E-state index is 13.6. The Balaban J connectivity index is 1.81. The van der Waals surface area contributed by atoms with Gasteiger partial charge in [-0.2, -0.15) is 8.42 Å². The van der Waals surface area contributed by atoms with Crippen LogP contribution in [0.5, 0.6) is 11.5 Å². The first-order valence-electron chi connectivity index (χ1n) is 11.4. The second-order valence-corrected chi connectivity index (χ2v) is 11.2. The summed E-state index contributed by atoms with van der Waals surface area (Å²) in [6.45, 7) is 0. The smallest absolute Gasteiger partial charge is 0.340 e. The molecule has 40 heavy (non-hydrogen) atoms. The van der Waals surface area contributed by atoms with Crippen molar-refractivity contribution in [2.75, 3.05) is 17.1 Å². The third-order valence-corrected chi connectivity index (χ3v) is 8.10. The SMILES string of the molecule is COc1ccccc1NC(=O)c1c(NS(=O)(=O)c2ccccc2)cccc1S(=O)(=O)Oc1ccc([N+](=O)[O-])cc1. The molecule has 0 bridgehead atoms. The number of hydrogen-bond donors (Lipinski definition) is 2. The Morgan fingerprint density at radius 2 is 1.43 bits per heavy atom. The maximum Gasteiger partial charge on any atom is 0.340 e. The van der Waals surface area contributed by atoms with Crippen molar-refractivity contribution in [3.63, 3.8) is 0 Å². The minimum Gasteiger partial charge on any atom is -0.495 e. The lowest BCUT2D eigenvalue weighted by molar-refractivity contribution is -0.384. The Kier molecular flexibility index (Phi) is 8.02. The second kappa shape index (κ2) is 11.4. The van der Waals surface area contributed by atoms with E-state index in [9.17, 15) is 31.7 Å². The summed E-state index contributed by atoms with van der Waals surface area (Å²) in [6.07, 6.45) is 0. The Hall–Kier alpha value is -4.95. The van der Waals surface area contributed by atoms with Crippen LogP contribution in [0.25, 0.3) is 0 Å². The molecule has 0 aliphatic heterocycles. The van der Waals surface area contributed by atoms with Gasteiger partial charge in [0.25, 0.3) is 21.6 Å². The summed E-state index contributed by atoms with van der Waals surface area (Å²) in [4.78, 5) is 23.0. The van der Waals surface area contributed by atoms with E-state index in [1.165, 1.54) is 49.6 Å². The number of para-hydroxylation sites is 2. The van der Waals surface area contributed by atoms with Gasteiger partial charge >= 0.3 is 10.1 Å². The molecule has 0 atom stereocenters. The third-order valence-electron chi connectivity index (χ3n) is 5.43. The lowest BCUT2D eigenvalue weighted by atomic mass is 10.1. The molecule has 2 N–H and O–H groups in total. The number of non-ortho nitro benzene ring substituents is 1. The molecule has 0 radical (unpaired) electrons. The molecule has 12 nitrogen and oxygen atoms in total. The Morgan fingerprint density at radius 3 is 2.08 bits per heavy atom. The van der Waals surface area contributed by atoms with E-state index < -0.39 is 41.4 Å². The third kappa shape index (κ3) is 6.19. The predicted octanol–water partition coefficient (Wildman–Crippen LogP) is 4.42. The molecule has 0 aromatic heterocycles. The summed E-state index contributed by atoms with van der Waals surface area (Å²) in [6, 6.07) is 21.4. The summed E-state index contributed by atoms with van der Waals surface area (Å²) in [5, 5.41) is 13.5. The van der Waals surface area contributed by atoms with Crippen LogP contribution in [0, 0.1) is 10.1 Å². The van der Waals surface area contributed by atoms with E-state index >= 15 is 0 Å². The highest BCUT2D eigenvalue weighted by Crippen LogP contribution is 2.31. The van der Waals surface area contributed by atoms with Crippen molar-refractivity contribution in [3.8, 4) is 11.5 Å². The number of nitro groups is 1. The first kappa shape index (κ1) is 28.1. The van der Waals surface area contributed by atoms with Crippen LogP contribution in [0.3, 0.4) is 0 Å². The molecule has 4 aromatic rings. The van der Waals surface area contributed by atoms with E-state index in [4.69, 9.17) is 8.92 Å². The van der Waals surface area contributed by atoms with Crippen LogP contribution < -0.4 is 19.0 Å². The fourth-order valence-electron chi connectivity index (χ4n) is 3.59. The van der Waals surface area contributed by atoms with Crippen molar-refractivity contribution in [2.45, 2.75) is 9.79 Å². The molecule has 4 aromatic carbocycles. The van der Waals surface area contributed by atoms with Gasteiger partial charge in [-0.3, -0.25) is 19.6 Å². The van der Waals surface area contributed by atoms with Crippen LogP contribution in [-0.4, -0.2) is 34.8 Å².